The lowest BCUT2D eigenvalue weighted by Crippen LogP contribution is -2.62. The van der Waals surface area contributed by atoms with Crippen LogP contribution in [0.4, 0.5) is 5.69 Å². The van der Waals surface area contributed by atoms with Gasteiger partial charge in [0.2, 0.25) is 11.8 Å². The van der Waals surface area contributed by atoms with Crippen LogP contribution in [0, 0.1) is 5.92 Å². The summed E-state index contributed by atoms with van der Waals surface area (Å²) in [6.07, 6.45) is 2.86. The molecule has 1 aromatic rings. The molecule has 34 heavy (non-hydrogen) atoms. The fourth-order valence-corrected chi connectivity index (χ4v) is 5.66. The zero-order chi connectivity index (χ0) is 23.5. The average Bonchev–Trinajstić information content (AvgIpc) is 3.40. The molecule has 3 fully saturated rings. The predicted molar refractivity (Wildman–Crippen MR) is 127 cm³/mol. The maximum atomic E-state index is 13.4. The van der Waals surface area contributed by atoms with Crippen LogP contribution in [0.1, 0.15) is 18.4 Å². The first-order valence-electron chi connectivity index (χ1n) is 12.5. The summed E-state index contributed by atoms with van der Waals surface area (Å²) in [6.45, 7) is 6.50. The van der Waals surface area contributed by atoms with Gasteiger partial charge in [-0.25, -0.2) is 0 Å². The molecule has 3 unspecified atom stereocenters. The second kappa shape index (κ2) is 10.5. The number of piperazine rings is 1. The molecule has 0 aromatic heterocycles. The number of carbonyl (C=O) groups is 2. The van der Waals surface area contributed by atoms with Crippen LogP contribution < -0.4 is 15.0 Å². The number of rotatable bonds is 6. The summed E-state index contributed by atoms with van der Waals surface area (Å²) in [4.78, 5) is 32.7. The fraction of sp³-hybridized carbons (Fsp3) is 0.680. The van der Waals surface area contributed by atoms with Gasteiger partial charge in [0.25, 0.3) is 0 Å². The number of amides is 2. The van der Waals surface area contributed by atoms with E-state index in [0.29, 0.717) is 52.4 Å². The lowest BCUT2D eigenvalue weighted by atomic mass is 9.83. The second-order valence-corrected chi connectivity index (χ2v) is 9.67. The molecule has 4 aliphatic rings. The summed E-state index contributed by atoms with van der Waals surface area (Å²) in [6, 6.07) is 6.14. The molecular weight excluding hydrogens is 436 g/mol. The van der Waals surface area contributed by atoms with E-state index in [4.69, 9.17) is 14.2 Å². The highest BCUT2D eigenvalue weighted by molar-refractivity contribution is 5.82. The van der Waals surface area contributed by atoms with Gasteiger partial charge in [0, 0.05) is 57.6 Å². The van der Waals surface area contributed by atoms with Gasteiger partial charge in [0.1, 0.15) is 5.75 Å². The number of nitrogens with one attached hydrogen (secondary N) is 1. The van der Waals surface area contributed by atoms with Crippen molar-refractivity contribution in [1.82, 2.24) is 15.1 Å². The van der Waals surface area contributed by atoms with E-state index >= 15 is 0 Å². The third-order valence-electron chi connectivity index (χ3n) is 7.60. The number of methoxy groups -OCH3 is 1. The van der Waals surface area contributed by atoms with Gasteiger partial charge in [-0.05, 0) is 30.9 Å². The highest BCUT2D eigenvalue weighted by Crippen LogP contribution is 2.38. The topological polar surface area (TPSA) is 83.6 Å². The smallest absolute Gasteiger partial charge is 0.236 e. The molecule has 0 saturated carbocycles. The highest BCUT2D eigenvalue weighted by atomic mass is 16.5. The lowest BCUT2D eigenvalue weighted by Gasteiger charge is -2.49. The van der Waals surface area contributed by atoms with E-state index in [1.165, 1.54) is 5.56 Å². The number of hydrogen-bond acceptors (Lipinski definition) is 7. The van der Waals surface area contributed by atoms with E-state index in [1.54, 1.807) is 7.11 Å². The summed E-state index contributed by atoms with van der Waals surface area (Å²) >= 11 is 0. The van der Waals surface area contributed by atoms with Crippen molar-refractivity contribution >= 4 is 17.5 Å². The molecule has 1 N–H and O–H groups in total. The van der Waals surface area contributed by atoms with Crippen molar-refractivity contribution in [2.24, 2.45) is 5.92 Å². The number of fused-ring (bicyclic) bond motifs is 3. The molecule has 9 heteroatoms. The molecule has 0 bridgehead atoms. The zero-order valence-electron chi connectivity index (χ0n) is 20.0. The van der Waals surface area contributed by atoms with Crippen LogP contribution in [0.3, 0.4) is 0 Å². The maximum Gasteiger partial charge on any atom is 0.236 e. The van der Waals surface area contributed by atoms with E-state index in [-0.39, 0.29) is 29.9 Å². The number of carbonyl (C=O) groups excluding carboxylic acids is 2. The lowest BCUT2D eigenvalue weighted by molar-refractivity contribution is -0.136. The van der Waals surface area contributed by atoms with E-state index < -0.39 is 0 Å². The molecule has 0 aliphatic carbocycles. The minimum absolute atomic E-state index is 0.00958. The third kappa shape index (κ3) is 5.01. The first-order valence-corrected chi connectivity index (χ1v) is 12.5. The normalized spacial score (nSPS) is 27.1. The largest absolute Gasteiger partial charge is 0.497 e. The van der Waals surface area contributed by atoms with Gasteiger partial charge in [-0.2, -0.15) is 0 Å². The van der Waals surface area contributed by atoms with Gasteiger partial charge < -0.3 is 29.3 Å². The van der Waals surface area contributed by atoms with Gasteiger partial charge >= 0.3 is 0 Å². The van der Waals surface area contributed by atoms with Crippen LogP contribution in [0.25, 0.3) is 0 Å². The summed E-state index contributed by atoms with van der Waals surface area (Å²) in [7, 11) is 1.68. The Morgan fingerprint density at radius 3 is 2.76 bits per heavy atom. The van der Waals surface area contributed by atoms with Crippen LogP contribution in [0.15, 0.2) is 18.2 Å². The Balaban J connectivity index is 1.31. The van der Waals surface area contributed by atoms with Gasteiger partial charge in [-0.15, -0.1) is 0 Å². The van der Waals surface area contributed by atoms with Crippen LogP contribution in [-0.2, 0) is 25.5 Å². The quantitative estimate of drug-likeness (QED) is 0.646. The van der Waals surface area contributed by atoms with Crippen molar-refractivity contribution < 1.29 is 23.8 Å². The summed E-state index contributed by atoms with van der Waals surface area (Å²) < 4.78 is 16.6. The maximum absolute atomic E-state index is 13.4. The molecule has 4 heterocycles. The van der Waals surface area contributed by atoms with Gasteiger partial charge in [0.15, 0.2) is 0 Å². The minimum atomic E-state index is -0.177. The number of benzene rings is 1. The SMILES string of the molecule is COc1ccc2c(c1)N1CCN(CC(=O)N3CCOCC3)CC1C(C(=O)NCC1CCCO1)C2. The number of ether oxygens (including phenoxy) is 3. The number of hydrogen-bond donors (Lipinski definition) is 1. The Morgan fingerprint density at radius 1 is 1.15 bits per heavy atom. The average molecular weight is 473 g/mol. The monoisotopic (exact) mass is 472 g/mol. The molecule has 1 aromatic carbocycles. The summed E-state index contributed by atoms with van der Waals surface area (Å²) in [5, 5.41) is 3.17. The van der Waals surface area contributed by atoms with Gasteiger partial charge in [-0.1, -0.05) is 6.07 Å². The van der Waals surface area contributed by atoms with Crippen LogP contribution in [-0.4, -0.2) is 107 Å². The molecule has 3 saturated heterocycles. The van der Waals surface area contributed by atoms with Crippen molar-refractivity contribution in [2.75, 3.05) is 77.6 Å². The first-order chi connectivity index (χ1) is 16.6. The third-order valence-corrected chi connectivity index (χ3v) is 7.60. The highest BCUT2D eigenvalue weighted by Gasteiger charge is 2.42. The van der Waals surface area contributed by atoms with Crippen LogP contribution >= 0.6 is 0 Å². The standard InChI is InChI=1S/C25H36N4O5/c1-32-19-5-4-18-13-21(25(31)26-15-20-3-2-10-34-20)23-16-27(6-7-29(23)22(18)14-19)17-24(30)28-8-11-33-12-9-28/h4-5,14,20-21,23H,2-3,6-13,15-17H2,1H3,(H,26,31). The fourth-order valence-electron chi connectivity index (χ4n) is 5.66. The van der Waals surface area contributed by atoms with Gasteiger partial charge in [-0.3, -0.25) is 14.5 Å². The van der Waals surface area contributed by atoms with Crippen LogP contribution in [0.2, 0.25) is 0 Å². The van der Waals surface area contributed by atoms with Crippen molar-refractivity contribution in [2.45, 2.75) is 31.4 Å². The van der Waals surface area contributed by atoms with E-state index in [0.717, 1.165) is 44.0 Å². The van der Waals surface area contributed by atoms with Crippen molar-refractivity contribution in [3.05, 3.63) is 23.8 Å². The van der Waals surface area contributed by atoms with E-state index in [2.05, 4.69) is 27.2 Å². The number of nitrogens with zero attached hydrogens (tertiary/aromatic N) is 3. The number of anilines is 1. The minimum Gasteiger partial charge on any atom is -0.497 e. The van der Waals surface area contributed by atoms with E-state index in [1.807, 2.05) is 11.0 Å². The predicted octanol–water partition coefficient (Wildman–Crippen LogP) is 0.512. The van der Waals surface area contributed by atoms with Crippen molar-refractivity contribution in [3.63, 3.8) is 0 Å². The van der Waals surface area contributed by atoms with Crippen LogP contribution in [0.5, 0.6) is 5.75 Å². The number of morpholine rings is 1. The molecule has 9 nitrogen and oxygen atoms in total. The molecule has 4 aliphatic heterocycles. The molecule has 5 rings (SSSR count). The Bertz CT molecular complexity index is 884. The Labute approximate surface area is 201 Å². The van der Waals surface area contributed by atoms with Crippen molar-refractivity contribution in [1.29, 1.82) is 0 Å². The first kappa shape index (κ1) is 23.4. The Kier molecular flexibility index (Phi) is 7.22. The Hall–Kier alpha value is -2.36. The molecule has 3 atom stereocenters. The summed E-state index contributed by atoms with van der Waals surface area (Å²) in [5.41, 5.74) is 2.32. The Morgan fingerprint density at radius 2 is 2.00 bits per heavy atom. The molecule has 0 radical (unpaired) electrons. The van der Waals surface area contributed by atoms with Crippen molar-refractivity contribution in [3.8, 4) is 5.75 Å². The zero-order valence-corrected chi connectivity index (χ0v) is 20.0. The summed E-state index contributed by atoms with van der Waals surface area (Å²) in [5.74, 6) is 0.870. The molecule has 186 valence electrons. The van der Waals surface area contributed by atoms with Gasteiger partial charge in [0.05, 0.1) is 44.9 Å². The second-order valence-electron chi connectivity index (χ2n) is 9.67. The molecule has 2 amide bonds. The van der Waals surface area contributed by atoms with E-state index in [9.17, 15) is 9.59 Å². The molecule has 0 spiro atoms. The molecular formula is C25H36N4O5.